The van der Waals surface area contributed by atoms with Crippen LogP contribution in [-0.4, -0.2) is 25.0 Å². The second-order valence-electron chi connectivity index (χ2n) is 8.42. The number of aromatic nitrogens is 3. The van der Waals surface area contributed by atoms with E-state index in [1.54, 1.807) is 16.2 Å². The van der Waals surface area contributed by atoms with E-state index in [4.69, 9.17) is 4.98 Å². The molecule has 4 rings (SSSR count). The summed E-state index contributed by atoms with van der Waals surface area (Å²) in [6, 6.07) is 6.02. The molecule has 0 saturated carbocycles. The molecule has 4 bridgehead atoms. The van der Waals surface area contributed by atoms with E-state index in [0.717, 1.165) is 60.4 Å². The first-order chi connectivity index (χ1) is 15.0. The van der Waals surface area contributed by atoms with E-state index in [9.17, 15) is 4.79 Å². The lowest BCUT2D eigenvalue weighted by atomic mass is 9.75. The molecule has 1 amide bonds. The van der Waals surface area contributed by atoms with E-state index >= 15 is 0 Å². The number of thiol groups is 1. The van der Waals surface area contributed by atoms with Gasteiger partial charge in [-0.2, -0.15) is 0 Å². The number of carbonyl (C=O) groups excluding carboxylic acids is 1. The number of rotatable bonds is 3. The Morgan fingerprint density at radius 1 is 1.26 bits per heavy atom. The van der Waals surface area contributed by atoms with Gasteiger partial charge >= 0.3 is 0 Å². The van der Waals surface area contributed by atoms with E-state index in [1.807, 2.05) is 30.0 Å². The molecule has 6 nitrogen and oxygen atoms in total. The Labute approximate surface area is 189 Å². The van der Waals surface area contributed by atoms with Crippen LogP contribution in [0.2, 0.25) is 0 Å². The zero-order chi connectivity index (χ0) is 22.0. The molecule has 1 N–H and O–H groups in total. The summed E-state index contributed by atoms with van der Waals surface area (Å²) < 4.78 is 1.57. The first kappa shape index (κ1) is 21.4. The number of carbonyl (C=O) groups is 1. The molecule has 0 radical (unpaired) electrons. The van der Waals surface area contributed by atoms with Gasteiger partial charge in [0.2, 0.25) is 5.91 Å². The molecule has 31 heavy (non-hydrogen) atoms. The monoisotopic (exact) mass is 435 g/mol. The standard InChI is InChI=1S/C24H29N5OS/c1-4-10-17(5-2)24(3)14-8-6-7-11-18-12-9-13-21(25-18)26-22-19-15-28(23(24)30)16-20(19)29(31)27-22/h4-5,9-10,12-13,31H,1-2,6-8,11,14-16H2,3H3,(H,25,26,27)/b17-10+. The third kappa shape index (κ3) is 4.06. The van der Waals surface area contributed by atoms with Gasteiger partial charge in [0.15, 0.2) is 5.82 Å². The van der Waals surface area contributed by atoms with Gasteiger partial charge in [0.1, 0.15) is 5.82 Å². The van der Waals surface area contributed by atoms with Crippen molar-refractivity contribution in [2.75, 3.05) is 5.32 Å². The molecule has 2 aromatic rings. The van der Waals surface area contributed by atoms with E-state index in [0.29, 0.717) is 18.9 Å². The predicted octanol–water partition coefficient (Wildman–Crippen LogP) is 4.98. The third-order valence-corrected chi connectivity index (χ3v) is 6.67. The predicted molar refractivity (Wildman–Crippen MR) is 127 cm³/mol. The van der Waals surface area contributed by atoms with E-state index in [2.05, 4.69) is 42.5 Å². The van der Waals surface area contributed by atoms with Crippen molar-refractivity contribution in [1.29, 1.82) is 0 Å². The number of allylic oxidation sites excluding steroid dienone is 3. The van der Waals surface area contributed by atoms with Gasteiger partial charge in [-0.1, -0.05) is 50.3 Å². The van der Waals surface area contributed by atoms with E-state index < -0.39 is 5.41 Å². The minimum Gasteiger partial charge on any atom is -0.331 e. The second kappa shape index (κ2) is 8.75. The van der Waals surface area contributed by atoms with Gasteiger partial charge < -0.3 is 10.2 Å². The van der Waals surface area contributed by atoms with Crippen LogP contribution in [0.5, 0.6) is 0 Å². The maximum atomic E-state index is 13.8. The number of hydrogen-bond acceptors (Lipinski definition) is 5. The van der Waals surface area contributed by atoms with Crippen LogP contribution in [0.3, 0.4) is 0 Å². The molecule has 0 saturated heterocycles. The summed E-state index contributed by atoms with van der Waals surface area (Å²) in [4.78, 5) is 20.5. The summed E-state index contributed by atoms with van der Waals surface area (Å²) in [5.41, 5.74) is 3.23. The van der Waals surface area contributed by atoms with E-state index in [-0.39, 0.29) is 5.91 Å². The number of fused-ring (bicyclic) bond motifs is 3. The van der Waals surface area contributed by atoms with Gasteiger partial charge in [0.25, 0.3) is 0 Å². The van der Waals surface area contributed by atoms with Crippen LogP contribution in [-0.2, 0) is 24.3 Å². The molecule has 0 aliphatic carbocycles. The molecule has 162 valence electrons. The van der Waals surface area contributed by atoms with E-state index in [1.165, 1.54) is 0 Å². The van der Waals surface area contributed by atoms with Gasteiger partial charge in [0, 0.05) is 11.3 Å². The first-order valence-corrected chi connectivity index (χ1v) is 11.1. The number of hydrogen-bond donors (Lipinski definition) is 2. The molecule has 1 atom stereocenters. The summed E-state index contributed by atoms with van der Waals surface area (Å²) >= 11 is 4.51. The Hall–Kier alpha value is -2.80. The lowest BCUT2D eigenvalue weighted by molar-refractivity contribution is -0.140. The molecule has 7 heteroatoms. The minimum absolute atomic E-state index is 0.101. The molecule has 0 fully saturated rings. The zero-order valence-corrected chi connectivity index (χ0v) is 18.9. The Balaban J connectivity index is 1.74. The summed E-state index contributed by atoms with van der Waals surface area (Å²) in [6.45, 7) is 10.8. The van der Waals surface area contributed by atoms with Crippen molar-refractivity contribution < 1.29 is 4.79 Å². The molecule has 2 aliphatic rings. The highest BCUT2D eigenvalue weighted by molar-refractivity contribution is 7.78. The number of nitrogens with one attached hydrogen (secondary N) is 1. The highest BCUT2D eigenvalue weighted by Gasteiger charge is 2.41. The van der Waals surface area contributed by atoms with Crippen molar-refractivity contribution in [3.05, 3.63) is 72.1 Å². The summed E-state index contributed by atoms with van der Waals surface area (Å²) in [5.74, 6) is 1.57. The molecule has 0 aromatic carbocycles. The average Bonchev–Trinajstić information content (AvgIpc) is 3.32. The largest absolute Gasteiger partial charge is 0.331 e. The summed E-state index contributed by atoms with van der Waals surface area (Å²) in [5, 5.41) is 7.86. The van der Waals surface area contributed by atoms with Crippen molar-refractivity contribution in [3.63, 3.8) is 0 Å². The topological polar surface area (TPSA) is 63.1 Å². The smallest absolute Gasteiger partial charge is 0.233 e. The van der Waals surface area contributed by atoms with Gasteiger partial charge in [-0.15, -0.1) is 5.10 Å². The van der Waals surface area contributed by atoms with Crippen molar-refractivity contribution in [2.45, 2.75) is 52.1 Å². The highest BCUT2D eigenvalue weighted by Crippen LogP contribution is 2.40. The molecule has 0 spiro atoms. The van der Waals surface area contributed by atoms with Gasteiger partial charge in [-0.05, 0) is 56.7 Å². The van der Waals surface area contributed by atoms with Crippen molar-refractivity contribution >= 4 is 30.4 Å². The van der Waals surface area contributed by atoms with Crippen LogP contribution in [0.25, 0.3) is 0 Å². The first-order valence-electron chi connectivity index (χ1n) is 10.7. The van der Waals surface area contributed by atoms with Crippen molar-refractivity contribution in [3.8, 4) is 0 Å². The van der Waals surface area contributed by atoms with Crippen LogP contribution in [0, 0.1) is 5.41 Å². The van der Waals surface area contributed by atoms with Crippen LogP contribution in [0.4, 0.5) is 11.6 Å². The quantitative estimate of drug-likeness (QED) is 0.527. The van der Waals surface area contributed by atoms with Crippen LogP contribution < -0.4 is 5.32 Å². The number of nitrogens with zero attached hydrogens (tertiary/aromatic N) is 4. The number of amides is 1. The average molecular weight is 436 g/mol. The SMILES string of the molecule is C=C/C=C(\C=C)C1(C)CCCCCc2cccc(n2)Nc2nn(S)c3c2CN(C3)C1=O. The fourth-order valence-corrected chi connectivity index (χ4v) is 4.84. The second-order valence-corrected chi connectivity index (χ2v) is 8.80. The highest BCUT2D eigenvalue weighted by atomic mass is 32.1. The minimum atomic E-state index is -0.655. The zero-order valence-electron chi connectivity index (χ0n) is 18.0. The lowest BCUT2D eigenvalue weighted by Gasteiger charge is -2.34. The van der Waals surface area contributed by atoms with Crippen molar-refractivity contribution in [2.24, 2.45) is 5.41 Å². The molecule has 4 heterocycles. The number of aryl methyl sites for hydroxylation is 1. The molecule has 2 aliphatic heterocycles. The van der Waals surface area contributed by atoms with Crippen LogP contribution >= 0.6 is 12.8 Å². The summed E-state index contributed by atoms with van der Waals surface area (Å²) in [6.07, 6.45) is 10.1. The fourth-order valence-electron chi connectivity index (χ4n) is 4.57. The lowest BCUT2D eigenvalue weighted by Crippen LogP contribution is -2.41. The molecular formula is C24H29N5OS. The Kier molecular flexibility index (Phi) is 6.05. The summed E-state index contributed by atoms with van der Waals surface area (Å²) in [7, 11) is 0. The van der Waals surface area contributed by atoms with Crippen LogP contribution in [0.1, 0.15) is 49.6 Å². The molecule has 2 aromatic heterocycles. The van der Waals surface area contributed by atoms with Gasteiger partial charge in [-0.25, -0.2) is 9.07 Å². The number of pyridine rings is 1. The van der Waals surface area contributed by atoms with Crippen molar-refractivity contribution in [1.82, 2.24) is 19.1 Å². The maximum absolute atomic E-state index is 13.8. The Morgan fingerprint density at radius 3 is 2.87 bits per heavy atom. The number of anilines is 2. The normalized spacial score (nSPS) is 21.8. The van der Waals surface area contributed by atoms with Gasteiger partial charge in [-0.3, -0.25) is 4.79 Å². The van der Waals surface area contributed by atoms with Gasteiger partial charge in [0.05, 0.1) is 24.2 Å². The fraction of sp³-hybridized carbons (Fsp3) is 0.375. The molecular weight excluding hydrogens is 406 g/mol. The maximum Gasteiger partial charge on any atom is 0.233 e. The molecule has 1 unspecified atom stereocenters. The van der Waals surface area contributed by atoms with Crippen LogP contribution in [0.15, 0.2) is 55.2 Å². The Bertz CT molecular complexity index is 1060. The third-order valence-electron chi connectivity index (χ3n) is 6.34. The Morgan fingerprint density at radius 2 is 2.10 bits per heavy atom.